The van der Waals surface area contributed by atoms with E-state index in [1.807, 2.05) is 0 Å². The lowest BCUT2D eigenvalue weighted by Crippen LogP contribution is -2.53. The van der Waals surface area contributed by atoms with Crippen LogP contribution in [-0.2, 0) is 19.1 Å². The molecule has 4 atom stereocenters. The number of rotatable bonds is 18. The Hall–Kier alpha value is -10.5. The topological polar surface area (TPSA) is 274 Å². The number of amidine groups is 2. The van der Waals surface area contributed by atoms with Gasteiger partial charge in [-0.25, -0.2) is 60.7 Å². The third kappa shape index (κ3) is 15.0. The standard InChI is InChI=1S/C35H28Cl2F2N6O6S.C35H28ClF3N6O6S/c1-50-34(48)29-27(41-31(32-40-8-11-52-32)42-30(29)22-5-2-18(38)12-24(22)36)17-43-9-10-44-20(15-43)16-45(35(44)49)19-3-7-28(26(39)13-19)51-21-4-6-23(33(46)47)25(37)14-21;1-50-34(48)28-27(41-31(32-40-8-11-52-32)42-29(28)23-7-2-19(37)14-24(23)36)17-43-9-10-44-21(15-43)16-45(35(44)49)20-3-5-22(6-4-20)51-30-25(38)12-18(33(46)47)13-26(30)39/h2-8,11-14,20,30H,9-10,15-17H2,1H3,(H,41,42)(H,46,47);2-8,11-14,21,29H,9-10,15-17H2,1H3,(H,41,42)(H,46,47)/t20-,30-;21-,29-/m00/s1. The number of carbonyl (C=O) groups excluding carboxylic acids is 4. The van der Waals surface area contributed by atoms with Gasteiger partial charge >= 0.3 is 35.9 Å². The van der Waals surface area contributed by atoms with Gasteiger partial charge < -0.3 is 49.6 Å². The second-order valence-electron chi connectivity index (χ2n) is 24.1. The summed E-state index contributed by atoms with van der Waals surface area (Å²) < 4.78 is 93.5. The van der Waals surface area contributed by atoms with Crippen LogP contribution in [0, 0.1) is 29.1 Å². The number of aliphatic imine (C=N–C) groups is 2. The van der Waals surface area contributed by atoms with Crippen LogP contribution in [-0.4, -0.2) is 179 Å². The summed E-state index contributed by atoms with van der Waals surface area (Å²) in [6.07, 6.45) is 3.27. The van der Waals surface area contributed by atoms with Gasteiger partial charge in [0, 0.05) is 145 Å². The summed E-state index contributed by atoms with van der Waals surface area (Å²) in [4.78, 5) is 105. The molecule has 8 heterocycles. The van der Waals surface area contributed by atoms with Crippen molar-refractivity contribution in [1.82, 2.24) is 40.2 Å². The molecule has 2 aromatic heterocycles. The number of urea groups is 2. The number of aromatic carboxylic acids is 2. The summed E-state index contributed by atoms with van der Waals surface area (Å²) in [7, 11) is 2.53. The van der Waals surface area contributed by atoms with Gasteiger partial charge in [0.15, 0.2) is 50.6 Å². The first-order valence-electron chi connectivity index (χ1n) is 31.6. The van der Waals surface area contributed by atoms with Crippen LogP contribution in [0.25, 0.3) is 0 Å². The van der Waals surface area contributed by atoms with E-state index in [9.17, 15) is 51.4 Å². The molecule has 0 unspecified atom stereocenters. The molecule has 4 N–H and O–H groups in total. The Morgan fingerprint density at radius 1 is 0.548 bits per heavy atom. The summed E-state index contributed by atoms with van der Waals surface area (Å²) in [5.41, 5.74) is 2.47. The molecule has 104 heavy (non-hydrogen) atoms. The van der Waals surface area contributed by atoms with Crippen molar-refractivity contribution in [2.24, 2.45) is 9.98 Å². The Morgan fingerprint density at radius 3 is 1.48 bits per heavy atom. The number of hydrogen-bond donors (Lipinski definition) is 4. The highest BCUT2D eigenvalue weighted by molar-refractivity contribution is 7.12. The molecule has 24 nitrogen and oxygen atoms in total. The van der Waals surface area contributed by atoms with Gasteiger partial charge in [-0.2, -0.15) is 0 Å². The molecule has 34 heteroatoms. The Labute approximate surface area is 611 Å². The van der Waals surface area contributed by atoms with Gasteiger partial charge in [-0.05, 0) is 84.9 Å². The molecular formula is C70H56Cl3F5N12O12S2. The lowest BCUT2D eigenvalue weighted by Gasteiger charge is -2.38. The van der Waals surface area contributed by atoms with Crippen molar-refractivity contribution in [3.63, 3.8) is 0 Å². The number of carboxylic acid groups (broad SMARTS) is 2. The minimum atomic E-state index is -1.48. The summed E-state index contributed by atoms with van der Waals surface area (Å²) >= 11 is 21.7. The van der Waals surface area contributed by atoms with Crippen molar-refractivity contribution in [1.29, 1.82) is 0 Å². The summed E-state index contributed by atoms with van der Waals surface area (Å²) in [5, 5.41) is 29.7. The summed E-state index contributed by atoms with van der Waals surface area (Å²) in [6.45, 7) is 3.73. The predicted octanol–water partition coefficient (Wildman–Crippen LogP) is 12.2. The number of benzene rings is 6. The van der Waals surface area contributed by atoms with E-state index in [2.05, 4.69) is 30.4 Å². The number of anilines is 2. The van der Waals surface area contributed by atoms with E-state index in [0.717, 1.165) is 12.1 Å². The third-order valence-electron chi connectivity index (χ3n) is 17.7. The third-order valence-corrected chi connectivity index (χ3v) is 20.3. The van der Waals surface area contributed by atoms with Crippen LogP contribution >= 0.6 is 57.5 Å². The minimum absolute atomic E-state index is 0.0577. The first-order valence-corrected chi connectivity index (χ1v) is 34.5. The highest BCUT2D eigenvalue weighted by Crippen LogP contribution is 2.41. The molecular weight excluding hydrogens is 1470 g/mol. The Kier molecular flexibility index (Phi) is 21.0. The van der Waals surface area contributed by atoms with Crippen molar-refractivity contribution < 1.29 is 79.9 Å². The van der Waals surface area contributed by atoms with Crippen molar-refractivity contribution in [2.45, 2.75) is 24.2 Å². The number of methoxy groups -OCH3 is 2. The van der Waals surface area contributed by atoms with Gasteiger partial charge in [0.25, 0.3) is 0 Å². The maximum atomic E-state index is 15.3. The number of nitrogens with zero attached hydrogens (tertiary/aromatic N) is 10. The zero-order valence-corrected chi connectivity index (χ0v) is 58.3. The molecule has 6 aliphatic rings. The molecule has 0 bridgehead atoms. The van der Waals surface area contributed by atoms with Crippen LogP contribution in [0.3, 0.4) is 0 Å². The van der Waals surface area contributed by atoms with Gasteiger partial charge in [0.2, 0.25) is 0 Å². The van der Waals surface area contributed by atoms with E-state index >= 15 is 4.39 Å². The first-order chi connectivity index (χ1) is 50.0. The van der Waals surface area contributed by atoms with Gasteiger partial charge in [0.05, 0.1) is 53.6 Å². The average Bonchev–Trinajstić information content (AvgIpc) is 0.928. The molecule has 0 radical (unpaired) electrons. The normalized spacial score (nSPS) is 18.9. The molecule has 6 aromatic carbocycles. The second-order valence-corrected chi connectivity index (χ2v) is 27.1. The van der Waals surface area contributed by atoms with Crippen LogP contribution in [0.2, 0.25) is 15.1 Å². The molecule has 14 rings (SSSR count). The number of amides is 4. The quantitative estimate of drug-likeness (QED) is 0.0459. The zero-order valence-electron chi connectivity index (χ0n) is 54.4. The zero-order chi connectivity index (χ0) is 73.4. The van der Waals surface area contributed by atoms with Gasteiger partial charge in [-0.15, -0.1) is 22.7 Å². The molecule has 536 valence electrons. The van der Waals surface area contributed by atoms with Crippen LogP contribution in [0.5, 0.6) is 23.0 Å². The Balaban J connectivity index is 0.000000185. The first kappa shape index (κ1) is 71.8. The smallest absolute Gasteiger partial charge is 0.338 e. The fourth-order valence-electron chi connectivity index (χ4n) is 12.8. The molecule has 0 spiro atoms. The SMILES string of the molecule is COC(=O)C1=C(CN2CCN3C(=O)N(c4ccc(Oc5c(F)cc(C(=O)O)cc5F)cc4)C[C@@H]3C2)NC(c2nccs2)=N[C@H]1c1ccc(F)cc1Cl.COC(=O)C1=C(CN2CCN3C(=O)N(c4ccc(Oc5ccc(C(=O)O)c(Cl)c5)c(F)c4)C[C@@H]3C2)NC(c2nccs2)=N[C@H]1c1ccc(F)cc1Cl. The number of ether oxygens (including phenoxy) is 4. The number of esters is 2. The highest BCUT2D eigenvalue weighted by Gasteiger charge is 2.45. The highest BCUT2D eigenvalue weighted by atomic mass is 35.5. The van der Waals surface area contributed by atoms with Crippen molar-refractivity contribution in [3.05, 3.63) is 231 Å². The molecule has 0 aliphatic carbocycles. The van der Waals surface area contributed by atoms with Crippen LogP contribution in [0.4, 0.5) is 42.9 Å². The molecule has 8 aromatic rings. The van der Waals surface area contributed by atoms with E-state index in [4.69, 9.17) is 68.8 Å². The number of halogens is 8. The predicted molar refractivity (Wildman–Crippen MR) is 374 cm³/mol. The van der Waals surface area contributed by atoms with Crippen LogP contribution < -0.4 is 29.9 Å². The largest absolute Gasteiger partial charge is 0.478 e. The van der Waals surface area contributed by atoms with Gasteiger partial charge in [-0.1, -0.05) is 46.9 Å². The van der Waals surface area contributed by atoms with Gasteiger partial charge in [-0.3, -0.25) is 29.6 Å². The second kappa shape index (κ2) is 30.4. The molecule has 4 fully saturated rings. The van der Waals surface area contributed by atoms with Crippen LogP contribution in [0.1, 0.15) is 53.9 Å². The minimum Gasteiger partial charge on any atom is -0.478 e. The van der Waals surface area contributed by atoms with E-state index in [-0.39, 0.29) is 92.8 Å². The number of hydrogen-bond acceptors (Lipinski definition) is 20. The number of fused-ring (bicyclic) bond motifs is 2. The number of nitrogens with one attached hydrogen (secondary N) is 2. The number of thiazole rings is 2. The number of carbonyl (C=O) groups is 6. The molecule has 6 aliphatic heterocycles. The van der Waals surface area contributed by atoms with E-state index < -0.39 is 76.4 Å². The van der Waals surface area contributed by atoms with Gasteiger partial charge in [0.1, 0.15) is 35.2 Å². The fourth-order valence-corrected chi connectivity index (χ4v) is 14.8. The van der Waals surface area contributed by atoms with E-state index in [1.54, 1.807) is 56.1 Å². The lowest BCUT2D eigenvalue weighted by molar-refractivity contribution is -0.137. The van der Waals surface area contributed by atoms with Crippen LogP contribution in [0.15, 0.2) is 165 Å². The lowest BCUT2D eigenvalue weighted by atomic mass is 9.95. The van der Waals surface area contributed by atoms with Crippen molar-refractivity contribution in [2.75, 3.05) is 89.5 Å². The summed E-state index contributed by atoms with van der Waals surface area (Å²) in [6, 6.07) is 20.5. The van der Waals surface area contributed by atoms with E-state index in [1.165, 1.54) is 109 Å². The molecule has 4 amide bonds. The number of aromatic nitrogens is 2. The van der Waals surface area contributed by atoms with E-state index in [0.29, 0.717) is 114 Å². The van der Waals surface area contributed by atoms with Crippen molar-refractivity contribution >= 4 is 116 Å². The average molecular weight is 1520 g/mol. The number of carboxylic acids is 2. The monoisotopic (exact) mass is 1520 g/mol. The summed E-state index contributed by atoms with van der Waals surface area (Å²) in [5.74, 6) is -7.90. The Bertz CT molecular complexity index is 4860. The number of piperazine rings is 2. The molecule has 0 saturated carbocycles. The van der Waals surface area contributed by atoms with Crippen molar-refractivity contribution in [3.8, 4) is 23.0 Å². The molecule has 4 saturated heterocycles. The Morgan fingerprint density at radius 2 is 1.04 bits per heavy atom. The fraction of sp³-hybridized carbons (Fsp3) is 0.229. The maximum Gasteiger partial charge on any atom is 0.338 e. The maximum absolute atomic E-state index is 15.3.